The van der Waals surface area contributed by atoms with E-state index in [9.17, 15) is 0 Å². The van der Waals surface area contributed by atoms with Crippen molar-refractivity contribution in [3.8, 4) is 0 Å². The topological polar surface area (TPSA) is 24.5 Å². The molecule has 1 atom stereocenters. The summed E-state index contributed by atoms with van der Waals surface area (Å²) >= 11 is 0. The van der Waals surface area contributed by atoms with Crippen LogP contribution >= 0.6 is 0 Å². The van der Waals surface area contributed by atoms with Crippen LogP contribution in [-0.4, -0.2) is 50.3 Å². The van der Waals surface area contributed by atoms with Crippen LogP contribution in [0.15, 0.2) is 0 Å². The molecule has 0 radical (unpaired) electrons. The van der Waals surface area contributed by atoms with E-state index in [-0.39, 0.29) is 0 Å². The lowest BCUT2D eigenvalue weighted by Crippen LogP contribution is -2.37. The Kier molecular flexibility index (Phi) is 7.81. The number of likely N-dealkylation sites (N-methyl/N-ethyl adjacent to an activating group) is 1. The maximum Gasteiger partial charge on any atom is 0.0480 e. The molecule has 1 aliphatic heterocycles. The second kappa shape index (κ2) is 8.97. The first kappa shape index (κ1) is 13.9. The Morgan fingerprint density at radius 1 is 1.19 bits per heavy atom. The second-order valence-corrected chi connectivity index (χ2v) is 4.63. The van der Waals surface area contributed by atoms with Crippen LogP contribution in [0.5, 0.6) is 0 Å². The molecule has 0 bridgehead atoms. The van der Waals surface area contributed by atoms with E-state index >= 15 is 0 Å². The van der Waals surface area contributed by atoms with Crippen molar-refractivity contribution < 1.29 is 4.74 Å². The van der Waals surface area contributed by atoms with Gasteiger partial charge in [-0.15, -0.1) is 0 Å². The highest BCUT2D eigenvalue weighted by Gasteiger charge is 2.11. The zero-order valence-corrected chi connectivity index (χ0v) is 11.0. The first-order valence-corrected chi connectivity index (χ1v) is 6.90. The third-order valence-electron chi connectivity index (χ3n) is 3.30. The fraction of sp³-hybridized carbons (Fsp3) is 1.00. The average molecular weight is 228 g/mol. The second-order valence-electron chi connectivity index (χ2n) is 4.63. The van der Waals surface area contributed by atoms with Gasteiger partial charge in [0.25, 0.3) is 0 Å². The van der Waals surface area contributed by atoms with Gasteiger partial charge in [-0.2, -0.15) is 0 Å². The molecule has 0 aromatic heterocycles. The molecule has 0 aliphatic carbocycles. The summed E-state index contributed by atoms with van der Waals surface area (Å²) in [6.45, 7) is 11.1. The molecule has 1 N–H and O–H groups in total. The van der Waals surface area contributed by atoms with Crippen molar-refractivity contribution in [2.45, 2.75) is 45.6 Å². The maximum atomic E-state index is 5.46. The van der Waals surface area contributed by atoms with Gasteiger partial charge in [-0.1, -0.05) is 13.8 Å². The molecule has 0 spiro atoms. The molecule has 16 heavy (non-hydrogen) atoms. The van der Waals surface area contributed by atoms with Crippen molar-refractivity contribution in [1.29, 1.82) is 0 Å². The highest BCUT2D eigenvalue weighted by atomic mass is 16.5. The number of nitrogens with zero attached hydrogens (tertiary/aromatic N) is 1. The molecule has 1 aliphatic rings. The van der Waals surface area contributed by atoms with Crippen LogP contribution in [0, 0.1) is 0 Å². The predicted octanol–water partition coefficient (Wildman–Crippen LogP) is 1.88. The van der Waals surface area contributed by atoms with Gasteiger partial charge in [-0.25, -0.2) is 0 Å². The SMILES string of the molecule is CCCN(CC)CCNC1CCCOCC1. The molecule has 1 saturated heterocycles. The lowest BCUT2D eigenvalue weighted by molar-refractivity contribution is 0.142. The first-order chi connectivity index (χ1) is 7.86. The molecule has 3 nitrogen and oxygen atoms in total. The monoisotopic (exact) mass is 228 g/mol. The first-order valence-electron chi connectivity index (χ1n) is 6.90. The van der Waals surface area contributed by atoms with Crippen molar-refractivity contribution in [2.75, 3.05) is 39.4 Å². The van der Waals surface area contributed by atoms with E-state index in [1.807, 2.05) is 0 Å². The fourth-order valence-electron chi connectivity index (χ4n) is 2.28. The van der Waals surface area contributed by atoms with Crippen molar-refractivity contribution in [2.24, 2.45) is 0 Å². The molecule has 1 heterocycles. The van der Waals surface area contributed by atoms with Gasteiger partial charge in [0.2, 0.25) is 0 Å². The molecule has 0 aromatic carbocycles. The largest absolute Gasteiger partial charge is 0.381 e. The summed E-state index contributed by atoms with van der Waals surface area (Å²) in [5.74, 6) is 0. The molecule has 0 aromatic rings. The third kappa shape index (κ3) is 5.83. The lowest BCUT2D eigenvalue weighted by atomic mass is 10.1. The Bertz CT molecular complexity index is 156. The fourth-order valence-corrected chi connectivity index (χ4v) is 2.28. The van der Waals surface area contributed by atoms with E-state index in [4.69, 9.17) is 4.74 Å². The molecule has 1 fully saturated rings. The summed E-state index contributed by atoms with van der Waals surface area (Å²) in [4.78, 5) is 2.51. The Hall–Kier alpha value is -0.120. The smallest absolute Gasteiger partial charge is 0.0480 e. The van der Waals surface area contributed by atoms with E-state index < -0.39 is 0 Å². The third-order valence-corrected chi connectivity index (χ3v) is 3.30. The number of hydrogen-bond acceptors (Lipinski definition) is 3. The van der Waals surface area contributed by atoms with E-state index in [0.29, 0.717) is 6.04 Å². The summed E-state index contributed by atoms with van der Waals surface area (Å²) < 4.78 is 5.46. The van der Waals surface area contributed by atoms with Crippen molar-refractivity contribution in [3.63, 3.8) is 0 Å². The minimum atomic E-state index is 0.683. The molecule has 96 valence electrons. The lowest BCUT2D eigenvalue weighted by Gasteiger charge is -2.22. The summed E-state index contributed by atoms with van der Waals surface area (Å²) in [5, 5.41) is 3.66. The van der Waals surface area contributed by atoms with Crippen molar-refractivity contribution >= 4 is 0 Å². The molecule has 0 saturated carbocycles. The molecule has 0 amide bonds. The zero-order valence-electron chi connectivity index (χ0n) is 11.0. The van der Waals surface area contributed by atoms with E-state index in [1.165, 1.54) is 45.3 Å². The van der Waals surface area contributed by atoms with Gasteiger partial charge in [0.05, 0.1) is 0 Å². The number of ether oxygens (including phenoxy) is 1. The van der Waals surface area contributed by atoms with E-state index in [1.54, 1.807) is 0 Å². The normalized spacial score (nSPS) is 22.3. The van der Waals surface area contributed by atoms with E-state index in [0.717, 1.165) is 19.8 Å². The minimum Gasteiger partial charge on any atom is -0.381 e. The van der Waals surface area contributed by atoms with Gasteiger partial charge >= 0.3 is 0 Å². The van der Waals surface area contributed by atoms with Crippen LogP contribution in [0.25, 0.3) is 0 Å². The average Bonchev–Trinajstić information content (AvgIpc) is 2.56. The summed E-state index contributed by atoms with van der Waals surface area (Å²) in [6.07, 6.45) is 4.93. The summed E-state index contributed by atoms with van der Waals surface area (Å²) in [5.41, 5.74) is 0. The number of hydrogen-bond donors (Lipinski definition) is 1. The molecule has 3 heteroatoms. The quantitative estimate of drug-likeness (QED) is 0.720. The number of rotatable bonds is 7. The zero-order chi connectivity index (χ0) is 11.6. The predicted molar refractivity (Wildman–Crippen MR) is 68.9 cm³/mol. The van der Waals surface area contributed by atoms with Crippen molar-refractivity contribution in [1.82, 2.24) is 10.2 Å². The standard InChI is InChI=1S/C13H28N2O/c1-3-9-15(4-2)10-8-14-13-6-5-11-16-12-7-13/h13-14H,3-12H2,1-2H3. The van der Waals surface area contributed by atoms with Crippen LogP contribution in [0.3, 0.4) is 0 Å². The van der Waals surface area contributed by atoms with Crippen LogP contribution in [0.1, 0.15) is 39.5 Å². The van der Waals surface area contributed by atoms with Crippen LogP contribution < -0.4 is 5.32 Å². The van der Waals surface area contributed by atoms with E-state index in [2.05, 4.69) is 24.1 Å². The van der Waals surface area contributed by atoms with Crippen LogP contribution in [-0.2, 0) is 4.74 Å². The summed E-state index contributed by atoms with van der Waals surface area (Å²) in [6, 6.07) is 0.683. The van der Waals surface area contributed by atoms with Crippen LogP contribution in [0.2, 0.25) is 0 Å². The highest BCUT2D eigenvalue weighted by Crippen LogP contribution is 2.07. The van der Waals surface area contributed by atoms with Gasteiger partial charge in [-0.3, -0.25) is 0 Å². The molecule has 1 unspecified atom stereocenters. The molecular formula is C13H28N2O. The Labute approximate surface area is 101 Å². The Balaban J connectivity index is 2.08. The highest BCUT2D eigenvalue weighted by molar-refractivity contribution is 4.70. The van der Waals surface area contributed by atoms with Gasteiger partial charge in [-0.05, 0) is 38.8 Å². The van der Waals surface area contributed by atoms with Gasteiger partial charge in [0.15, 0.2) is 0 Å². The molecular weight excluding hydrogens is 200 g/mol. The maximum absolute atomic E-state index is 5.46. The summed E-state index contributed by atoms with van der Waals surface area (Å²) in [7, 11) is 0. The van der Waals surface area contributed by atoms with Crippen molar-refractivity contribution in [3.05, 3.63) is 0 Å². The minimum absolute atomic E-state index is 0.683. The van der Waals surface area contributed by atoms with Gasteiger partial charge in [0, 0.05) is 32.3 Å². The van der Waals surface area contributed by atoms with Gasteiger partial charge < -0.3 is 15.0 Å². The molecule has 1 rings (SSSR count). The van der Waals surface area contributed by atoms with Crippen LogP contribution in [0.4, 0.5) is 0 Å². The Morgan fingerprint density at radius 2 is 2.06 bits per heavy atom. The van der Waals surface area contributed by atoms with Gasteiger partial charge in [0.1, 0.15) is 0 Å². The Morgan fingerprint density at radius 3 is 2.81 bits per heavy atom. The number of nitrogens with one attached hydrogen (secondary N) is 1.